The molecular weight excluding hydrogens is 350 g/mol. The molecule has 28 heavy (non-hydrogen) atoms. The maximum absolute atomic E-state index is 12.7. The molecule has 1 N–H and O–H groups in total. The SMILES string of the molecule is Cc1cccc(C(=O)N2CCN(Cc3cc4cc(C)ccc4[nH]c3=O)CC2)c1. The number of benzene rings is 2. The van der Waals surface area contributed by atoms with E-state index in [9.17, 15) is 9.59 Å². The Balaban J connectivity index is 1.43. The summed E-state index contributed by atoms with van der Waals surface area (Å²) < 4.78 is 0. The maximum atomic E-state index is 12.7. The largest absolute Gasteiger partial charge is 0.336 e. The lowest BCUT2D eigenvalue weighted by atomic mass is 10.1. The second kappa shape index (κ2) is 7.60. The number of amides is 1. The van der Waals surface area contributed by atoms with Gasteiger partial charge in [-0.15, -0.1) is 0 Å². The van der Waals surface area contributed by atoms with Crippen LogP contribution >= 0.6 is 0 Å². The lowest BCUT2D eigenvalue weighted by Crippen LogP contribution is -2.48. The Morgan fingerprint density at radius 3 is 2.46 bits per heavy atom. The van der Waals surface area contributed by atoms with Crippen molar-refractivity contribution in [3.8, 4) is 0 Å². The minimum atomic E-state index is -0.0328. The molecule has 0 atom stereocenters. The molecule has 1 amide bonds. The number of nitrogens with one attached hydrogen (secondary N) is 1. The van der Waals surface area contributed by atoms with Crippen molar-refractivity contribution in [3.63, 3.8) is 0 Å². The number of hydrogen-bond acceptors (Lipinski definition) is 3. The van der Waals surface area contributed by atoms with Crippen LogP contribution in [0.15, 0.2) is 53.3 Å². The van der Waals surface area contributed by atoms with Crippen LogP contribution in [0.3, 0.4) is 0 Å². The molecule has 2 heterocycles. The Morgan fingerprint density at radius 2 is 1.71 bits per heavy atom. The lowest BCUT2D eigenvalue weighted by molar-refractivity contribution is 0.0628. The third-order valence-corrected chi connectivity index (χ3v) is 5.40. The number of pyridine rings is 1. The highest BCUT2D eigenvalue weighted by atomic mass is 16.2. The van der Waals surface area contributed by atoms with Gasteiger partial charge in [0, 0.05) is 49.4 Å². The summed E-state index contributed by atoms with van der Waals surface area (Å²) in [6.07, 6.45) is 0. The van der Waals surface area contributed by atoms with Crippen LogP contribution in [0.25, 0.3) is 10.9 Å². The minimum Gasteiger partial charge on any atom is -0.336 e. The topological polar surface area (TPSA) is 56.4 Å². The summed E-state index contributed by atoms with van der Waals surface area (Å²) in [4.78, 5) is 32.3. The molecular formula is C23H25N3O2. The van der Waals surface area contributed by atoms with Crippen LogP contribution in [0.2, 0.25) is 0 Å². The van der Waals surface area contributed by atoms with E-state index in [1.807, 2.05) is 54.3 Å². The number of carbonyl (C=O) groups excluding carboxylic acids is 1. The van der Waals surface area contributed by atoms with Crippen molar-refractivity contribution in [1.82, 2.24) is 14.8 Å². The molecule has 0 spiro atoms. The number of piperazine rings is 1. The second-order valence-electron chi connectivity index (χ2n) is 7.65. The first-order chi connectivity index (χ1) is 13.5. The molecule has 5 heteroatoms. The molecule has 0 bridgehead atoms. The van der Waals surface area contributed by atoms with Crippen molar-refractivity contribution in [1.29, 1.82) is 0 Å². The number of nitrogens with zero attached hydrogens (tertiary/aromatic N) is 2. The van der Waals surface area contributed by atoms with Gasteiger partial charge in [-0.3, -0.25) is 14.5 Å². The normalized spacial score (nSPS) is 15.1. The Bertz CT molecular complexity index is 1080. The number of fused-ring (bicyclic) bond motifs is 1. The Kier molecular flexibility index (Phi) is 5.01. The Labute approximate surface area is 164 Å². The summed E-state index contributed by atoms with van der Waals surface area (Å²) in [7, 11) is 0. The van der Waals surface area contributed by atoms with E-state index in [1.165, 1.54) is 5.56 Å². The molecule has 144 valence electrons. The highest BCUT2D eigenvalue weighted by Crippen LogP contribution is 2.16. The van der Waals surface area contributed by atoms with E-state index in [0.717, 1.165) is 40.7 Å². The molecule has 0 radical (unpaired) electrons. The summed E-state index contributed by atoms with van der Waals surface area (Å²) in [5.74, 6) is 0.0855. The standard InChI is InChI=1S/C23H25N3O2/c1-16-4-3-5-18(12-16)23(28)26-10-8-25(9-11-26)15-20-14-19-13-17(2)6-7-21(19)24-22(20)27/h3-7,12-14H,8-11,15H2,1-2H3,(H,24,27). The summed E-state index contributed by atoms with van der Waals surface area (Å²) in [5, 5.41) is 1.06. The smallest absolute Gasteiger partial charge is 0.253 e. The van der Waals surface area contributed by atoms with E-state index in [0.29, 0.717) is 19.6 Å². The van der Waals surface area contributed by atoms with Gasteiger partial charge >= 0.3 is 0 Å². The zero-order valence-corrected chi connectivity index (χ0v) is 16.4. The number of rotatable bonds is 3. The van der Waals surface area contributed by atoms with Crippen molar-refractivity contribution >= 4 is 16.8 Å². The van der Waals surface area contributed by atoms with Crippen LogP contribution in [0.4, 0.5) is 0 Å². The zero-order chi connectivity index (χ0) is 19.7. The van der Waals surface area contributed by atoms with E-state index < -0.39 is 0 Å². The van der Waals surface area contributed by atoms with Crippen LogP contribution in [-0.4, -0.2) is 46.9 Å². The van der Waals surface area contributed by atoms with Gasteiger partial charge in [0.15, 0.2) is 0 Å². The summed E-state index contributed by atoms with van der Waals surface area (Å²) in [5.41, 5.74) is 4.62. The second-order valence-corrected chi connectivity index (χ2v) is 7.65. The fourth-order valence-electron chi connectivity index (χ4n) is 3.80. The van der Waals surface area contributed by atoms with Crippen molar-refractivity contribution in [2.24, 2.45) is 0 Å². The van der Waals surface area contributed by atoms with E-state index in [4.69, 9.17) is 0 Å². The van der Waals surface area contributed by atoms with E-state index in [1.54, 1.807) is 0 Å². The summed E-state index contributed by atoms with van der Waals surface area (Å²) in [6, 6.07) is 15.8. The molecule has 3 aromatic rings. The van der Waals surface area contributed by atoms with Crippen molar-refractivity contribution in [2.45, 2.75) is 20.4 Å². The van der Waals surface area contributed by atoms with Crippen LogP contribution in [0.5, 0.6) is 0 Å². The van der Waals surface area contributed by atoms with E-state index in [-0.39, 0.29) is 11.5 Å². The van der Waals surface area contributed by atoms with Gasteiger partial charge in [-0.1, -0.05) is 29.3 Å². The number of H-pyrrole nitrogens is 1. The molecule has 0 saturated carbocycles. The minimum absolute atomic E-state index is 0.0328. The van der Waals surface area contributed by atoms with Crippen molar-refractivity contribution in [2.75, 3.05) is 26.2 Å². The fourth-order valence-corrected chi connectivity index (χ4v) is 3.80. The third-order valence-electron chi connectivity index (χ3n) is 5.40. The van der Waals surface area contributed by atoms with Gasteiger partial charge in [0.2, 0.25) is 0 Å². The molecule has 1 aromatic heterocycles. The quantitative estimate of drug-likeness (QED) is 0.765. The molecule has 1 saturated heterocycles. The van der Waals surface area contributed by atoms with Gasteiger partial charge in [0.1, 0.15) is 0 Å². The number of carbonyl (C=O) groups is 1. The maximum Gasteiger partial charge on any atom is 0.253 e. The molecule has 5 nitrogen and oxygen atoms in total. The molecule has 1 aliphatic heterocycles. The molecule has 2 aromatic carbocycles. The molecule has 0 aliphatic carbocycles. The van der Waals surface area contributed by atoms with Gasteiger partial charge in [-0.25, -0.2) is 0 Å². The number of aromatic nitrogens is 1. The van der Waals surface area contributed by atoms with Crippen LogP contribution in [-0.2, 0) is 6.54 Å². The number of aryl methyl sites for hydroxylation is 2. The van der Waals surface area contributed by atoms with Crippen LogP contribution < -0.4 is 5.56 Å². The molecule has 1 fully saturated rings. The number of hydrogen-bond donors (Lipinski definition) is 1. The number of aromatic amines is 1. The van der Waals surface area contributed by atoms with E-state index >= 15 is 0 Å². The van der Waals surface area contributed by atoms with Crippen LogP contribution in [0, 0.1) is 13.8 Å². The summed E-state index contributed by atoms with van der Waals surface area (Å²) >= 11 is 0. The zero-order valence-electron chi connectivity index (χ0n) is 16.4. The first-order valence-electron chi connectivity index (χ1n) is 9.70. The summed E-state index contributed by atoms with van der Waals surface area (Å²) in [6.45, 7) is 7.54. The van der Waals surface area contributed by atoms with Gasteiger partial charge in [-0.2, -0.15) is 0 Å². The highest BCUT2D eigenvalue weighted by molar-refractivity contribution is 5.94. The molecule has 1 aliphatic rings. The fraction of sp³-hybridized carbons (Fsp3) is 0.304. The first kappa shape index (κ1) is 18.4. The van der Waals surface area contributed by atoms with Crippen molar-refractivity contribution in [3.05, 3.63) is 81.1 Å². The average Bonchev–Trinajstić information content (AvgIpc) is 2.69. The Morgan fingerprint density at radius 1 is 0.964 bits per heavy atom. The molecule has 4 rings (SSSR count). The first-order valence-corrected chi connectivity index (χ1v) is 9.70. The highest BCUT2D eigenvalue weighted by Gasteiger charge is 2.22. The van der Waals surface area contributed by atoms with E-state index in [2.05, 4.69) is 22.9 Å². The predicted octanol–water partition coefficient (Wildman–Crippen LogP) is 3.10. The lowest BCUT2D eigenvalue weighted by Gasteiger charge is -2.34. The van der Waals surface area contributed by atoms with Gasteiger partial charge in [0.25, 0.3) is 11.5 Å². The Hall–Kier alpha value is -2.92. The van der Waals surface area contributed by atoms with Crippen molar-refractivity contribution < 1.29 is 4.79 Å². The monoisotopic (exact) mass is 375 g/mol. The van der Waals surface area contributed by atoms with Gasteiger partial charge in [0.05, 0.1) is 0 Å². The average molecular weight is 375 g/mol. The third kappa shape index (κ3) is 3.85. The molecule has 0 unspecified atom stereocenters. The van der Waals surface area contributed by atoms with Crippen LogP contribution in [0.1, 0.15) is 27.0 Å². The van der Waals surface area contributed by atoms with Gasteiger partial charge < -0.3 is 9.88 Å². The van der Waals surface area contributed by atoms with Gasteiger partial charge in [-0.05, 0) is 49.6 Å². The predicted molar refractivity (Wildman–Crippen MR) is 112 cm³/mol.